The van der Waals surface area contributed by atoms with Gasteiger partial charge in [-0.2, -0.15) is 18.2 Å². The van der Waals surface area contributed by atoms with Gasteiger partial charge in [-0.05, 0) is 36.4 Å². The van der Waals surface area contributed by atoms with Crippen molar-refractivity contribution in [2.75, 3.05) is 13.2 Å². The topological polar surface area (TPSA) is 94.8 Å². The molecule has 0 aliphatic heterocycles. The molecule has 2 N–H and O–H groups in total. The van der Waals surface area contributed by atoms with Crippen molar-refractivity contribution in [2.24, 2.45) is 5.73 Å². The molecule has 0 atom stereocenters. The number of hydroxylamine groups is 2. The molecule has 160 valence electrons. The van der Waals surface area contributed by atoms with Crippen LogP contribution in [0.2, 0.25) is 0 Å². The molecule has 0 saturated carbocycles. The Morgan fingerprint density at radius 3 is 2.37 bits per heavy atom. The van der Waals surface area contributed by atoms with Crippen molar-refractivity contribution >= 4 is 11.9 Å². The van der Waals surface area contributed by atoms with Crippen molar-refractivity contribution in [1.29, 1.82) is 0 Å². The molecular weight excluding hydrogens is 410 g/mol. The molecule has 0 spiro atoms. The van der Waals surface area contributed by atoms with Crippen molar-refractivity contribution in [2.45, 2.75) is 12.7 Å². The average molecular weight is 427 g/mol. The molecule has 11 heteroatoms. The molecule has 0 radical (unpaired) electrons. The second-order valence-corrected chi connectivity index (χ2v) is 5.82. The lowest BCUT2D eigenvalue weighted by atomic mass is 10.2. The van der Waals surface area contributed by atoms with E-state index >= 15 is 0 Å². The second kappa shape index (κ2) is 10.3. The minimum Gasteiger partial charge on any atom is -0.489 e. The summed E-state index contributed by atoms with van der Waals surface area (Å²) in [6.07, 6.45) is -3.59. The minimum atomic E-state index is -5.29. The Balaban J connectivity index is 2.16. The summed E-state index contributed by atoms with van der Waals surface area (Å²) in [5.41, 5.74) is 5.64. The lowest BCUT2D eigenvalue weighted by Gasteiger charge is -2.21. The normalized spacial score (nSPS) is 11.7. The molecule has 2 aromatic rings. The third-order valence-corrected chi connectivity index (χ3v) is 3.62. The van der Waals surface area contributed by atoms with E-state index in [0.717, 1.165) is 0 Å². The van der Waals surface area contributed by atoms with Crippen LogP contribution >= 0.6 is 0 Å². The summed E-state index contributed by atoms with van der Waals surface area (Å²) in [5, 5.41) is 0.270. The monoisotopic (exact) mass is 427 g/mol. The maximum absolute atomic E-state index is 12.6. The van der Waals surface area contributed by atoms with Crippen LogP contribution in [0.25, 0.3) is 0 Å². The van der Waals surface area contributed by atoms with E-state index < -0.39 is 24.6 Å². The largest absolute Gasteiger partial charge is 0.493 e. The van der Waals surface area contributed by atoms with E-state index in [1.165, 1.54) is 36.5 Å². The number of hydrogen-bond donors (Lipinski definition) is 1. The Bertz CT molecular complexity index is 887. The van der Waals surface area contributed by atoms with Crippen molar-refractivity contribution in [3.05, 3.63) is 71.8 Å². The first-order valence-corrected chi connectivity index (χ1v) is 8.46. The Hall–Kier alpha value is -3.47. The standard InChI is InChI=1S/C19H17F4N3O4/c20-9-13(10-24)12-29-16-6-4-14(5-7-16)17(27)26(30-18(28)19(21,22)23)11-15-3-1-2-8-25-15/h1-9H,10-12,24H2/b13-9+. The van der Waals surface area contributed by atoms with Crippen LogP contribution in [0.4, 0.5) is 17.6 Å². The quantitative estimate of drug-likeness (QED) is 0.539. The van der Waals surface area contributed by atoms with Crippen LogP contribution in [0.15, 0.2) is 60.6 Å². The molecule has 0 saturated heterocycles. The third kappa shape index (κ3) is 6.55. The van der Waals surface area contributed by atoms with Crippen LogP contribution in [-0.4, -0.2) is 41.3 Å². The smallest absolute Gasteiger partial charge is 0.489 e. The van der Waals surface area contributed by atoms with E-state index in [0.29, 0.717) is 6.33 Å². The van der Waals surface area contributed by atoms with Crippen LogP contribution in [0.5, 0.6) is 5.75 Å². The fraction of sp³-hybridized carbons (Fsp3) is 0.211. The van der Waals surface area contributed by atoms with Gasteiger partial charge in [0.1, 0.15) is 18.9 Å². The lowest BCUT2D eigenvalue weighted by Crippen LogP contribution is -2.38. The molecule has 2 rings (SSSR count). The zero-order chi connectivity index (χ0) is 22.1. The second-order valence-electron chi connectivity index (χ2n) is 5.82. The zero-order valence-corrected chi connectivity index (χ0v) is 15.4. The number of rotatable bonds is 7. The van der Waals surface area contributed by atoms with Gasteiger partial charge in [0.15, 0.2) is 0 Å². The van der Waals surface area contributed by atoms with Gasteiger partial charge in [0.05, 0.1) is 12.0 Å². The number of nitrogens with two attached hydrogens (primary N) is 1. The highest BCUT2D eigenvalue weighted by Crippen LogP contribution is 2.20. The number of ether oxygens (including phenoxy) is 1. The summed E-state index contributed by atoms with van der Waals surface area (Å²) >= 11 is 0. The number of aromatic nitrogens is 1. The number of carbonyl (C=O) groups is 2. The molecule has 7 nitrogen and oxygen atoms in total. The number of nitrogens with zero attached hydrogens (tertiary/aromatic N) is 2. The molecule has 0 fully saturated rings. The highest BCUT2D eigenvalue weighted by atomic mass is 19.4. The Morgan fingerprint density at radius 1 is 1.13 bits per heavy atom. The van der Waals surface area contributed by atoms with E-state index in [-0.39, 0.29) is 40.8 Å². The van der Waals surface area contributed by atoms with Crippen LogP contribution < -0.4 is 10.5 Å². The van der Waals surface area contributed by atoms with Crippen molar-refractivity contribution in [1.82, 2.24) is 10.0 Å². The molecule has 0 unspecified atom stereocenters. The van der Waals surface area contributed by atoms with E-state index in [4.69, 9.17) is 10.5 Å². The van der Waals surface area contributed by atoms with E-state index in [1.807, 2.05) is 0 Å². The van der Waals surface area contributed by atoms with Crippen LogP contribution in [0.1, 0.15) is 16.1 Å². The molecule has 1 aromatic carbocycles. The molecular formula is C19H17F4N3O4. The molecule has 1 heterocycles. The van der Waals surface area contributed by atoms with Gasteiger partial charge in [-0.3, -0.25) is 9.78 Å². The van der Waals surface area contributed by atoms with Gasteiger partial charge in [-0.1, -0.05) is 6.07 Å². The number of carbonyl (C=O) groups excluding carboxylic acids is 2. The molecule has 1 aromatic heterocycles. The van der Waals surface area contributed by atoms with Crippen LogP contribution in [0.3, 0.4) is 0 Å². The number of amides is 1. The van der Waals surface area contributed by atoms with Gasteiger partial charge >= 0.3 is 12.1 Å². The first-order valence-electron chi connectivity index (χ1n) is 8.46. The van der Waals surface area contributed by atoms with Crippen LogP contribution in [0, 0.1) is 0 Å². The predicted octanol–water partition coefficient (Wildman–Crippen LogP) is 2.94. The van der Waals surface area contributed by atoms with Crippen LogP contribution in [-0.2, 0) is 16.2 Å². The minimum absolute atomic E-state index is 0.0415. The highest BCUT2D eigenvalue weighted by molar-refractivity contribution is 5.94. The highest BCUT2D eigenvalue weighted by Gasteiger charge is 2.43. The maximum atomic E-state index is 12.6. The van der Waals surface area contributed by atoms with Gasteiger partial charge in [0.2, 0.25) is 0 Å². The zero-order valence-electron chi connectivity index (χ0n) is 15.4. The summed E-state index contributed by atoms with van der Waals surface area (Å²) in [5.74, 6) is -3.28. The predicted molar refractivity (Wildman–Crippen MR) is 96.4 cm³/mol. The number of halogens is 4. The number of benzene rings is 1. The molecule has 0 aliphatic rings. The molecule has 30 heavy (non-hydrogen) atoms. The van der Waals surface area contributed by atoms with Crippen molar-refractivity contribution in [3.8, 4) is 5.75 Å². The lowest BCUT2D eigenvalue weighted by molar-refractivity contribution is -0.230. The fourth-order valence-corrected chi connectivity index (χ4v) is 2.08. The van der Waals surface area contributed by atoms with Gasteiger partial charge in [0.25, 0.3) is 5.91 Å². The third-order valence-electron chi connectivity index (χ3n) is 3.62. The Morgan fingerprint density at radius 2 is 1.83 bits per heavy atom. The number of hydrogen-bond acceptors (Lipinski definition) is 6. The van der Waals surface area contributed by atoms with E-state index in [9.17, 15) is 27.2 Å². The summed E-state index contributed by atoms with van der Waals surface area (Å²) in [7, 11) is 0. The fourth-order valence-electron chi connectivity index (χ4n) is 2.08. The first-order chi connectivity index (χ1) is 14.2. The molecule has 0 bridgehead atoms. The summed E-state index contributed by atoms with van der Waals surface area (Å²) < 4.78 is 55.6. The Kier molecular flexibility index (Phi) is 7.87. The van der Waals surface area contributed by atoms with Gasteiger partial charge in [-0.25, -0.2) is 9.18 Å². The van der Waals surface area contributed by atoms with Crippen molar-refractivity contribution < 1.29 is 36.7 Å². The summed E-state index contributed by atoms with van der Waals surface area (Å²) in [6, 6.07) is 9.80. The average Bonchev–Trinajstić information content (AvgIpc) is 2.74. The number of pyridine rings is 1. The first kappa shape index (κ1) is 22.8. The SMILES string of the molecule is NC/C(=C\F)COc1ccc(C(=O)N(Cc2ccccn2)OC(=O)C(F)(F)F)cc1. The number of alkyl halides is 3. The van der Waals surface area contributed by atoms with Crippen molar-refractivity contribution in [3.63, 3.8) is 0 Å². The Labute approximate surface area is 168 Å². The van der Waals surface area contributed by atoms with Gasteiger partial charge < -0.3 is 15.3 Å². The summed E-state index contributed by atoms with van der Waals surface area (Å²) in [6.45, 7) is -0.656. The van der Waals surface area contributed by atoms with E-state index in [1.54, 1.807) is 12.1 Å². The molecule has 0 aliphatic carbocycles. The maximum Gasteiger partial charge on any atom is 0.493 e. The molecule has 1 amide bonds. The van der Waals surface area contributed by atoms with Gasteiger partial charge in [0, 0.05) is 23.9 Å². The summed E-state index contributed by atoms with van der Waals surface area (Å²) in [4.78, 5) is 32.0. The van der Waals surface area contributed by atoms with E-state index in [2.05, 4.69) is 9.82 Å². The van der Waals surface area contributed by atoms with Gasteiger partial charge in [-0.15, -0.1) is 0 Å².